The molecule has 7 heterocycles. The van der Waals surface area contributed by atoms with Crippen LogP contribution in [-0.4, -0.2) is 281 Å². The van der Waals surface area contributed by atoms with Gasteiger partial charge in [-0.15, -0.1) is 0 Å². The summed E-state index contributed by atoms with van der Waals surface area (Å²) in [6, 6.07) is 2.27. The molecule has 10 aromatic carbocycles. The van der Waals surface area contributed by atoms with Crippen molar-refractivity contribution in [2.45, 2.75) is 61.2 Å². The summed E-state index contributed by atoms with van der Waals surface area (Å²) < 4.78 is 68.5. The highest BCUT2D eigenvalue weighted by atomic mass is 16.8. The Labute approximate surface area is 734 Å². The summed E-state index contributed by atoms with van der Waals surface area (Å²) >= 11 is 0. The van der Waals surface area contributed by atoms with Crippen LogP contribution in [0, 0.1) is 0 Å². The van der Waals surface area contributed by atoms with E-state index in [0.717, 1.165) is 0 Å². The molecule has 0 radical (unpaired) electrons. The van der Waals surface area contributed by atoms with Crippen molar-refractivity contribution in [3.63, 3.8) is 0 Å². The van der Waals surface area contributed by atoms with Crippen LogP contribution in [0.15, 0.2) is 60.7 Å². The summed E-state index contributed by atoms with van der Waals surface area (Å²) in [5.74, 6) is -71.1. The number of aromatic hydroxyl groups is 29. The third kappa shape index (κ3) is 13.5. The topological polar surface area (TPSA) is 888 Å². The fourth-order valence-electron chi connectivity index (χ4n) is 15.5. The van der Waals surface area contributed by atoms with Gasteiger partial charge in [0.15, 0.2) is 157 Å². The van der Waals surface area contributed by atoms with Crippen LogP contribution >= 0.6 is 0 Å². The Morgan fingerprint density at radius 2 is 0.590 bits per heavy atom. The molecular weight excluding hydrogens is 1820 g/mol. The lowest BCUT2D eigenvalue weighted by Gasteiger charge is -2.44. The lowest BCUT2D eigenvalue weighted by atomic mass is 9.82. The van der Waals surface area contributed by atoms with Crippen LogP contribution in [0.3, 0.4) is 0 Å². The van der Waals surface area contributed by atoms with E-state index in [1.54, 1.807) is 0 Å². The molecule has 0 aromatic heterocycles. The van der Waals surface area contributed by atoms with E-state index in [1.807, 2.05) is 0 Å². The molecule has 0 aliphatic carbocycles. The van der Waals surface area contributed by atoms with E-state index in [1.165, 1.54) is 0 Å². The summed E-state index contributed by atoms with van der Waals surface area (Å²) in [5, 5.41) is 337. The van der Waals surface area contributed by atoms with Gasteiger partial charge in [-0.1, -0.05) is 0 Å². The number of fused-ring (bicyclic) bond motifs is 15. The van der Waals surface area contributed by atoms with E-state index in [2.05, 4.69) is 0 Å². The standard InChI is InChI=1S/C82H54O52/c83-22-1-13(2-23(84)44(22)92)72(113)126-32-11-123-74(115)20-10-31(52(100)59(107)39(20)38-16(5-26(87)49(97)57(38)105)75(116)128-66(32)69-68-62(110)43-42(81(122)130-68)41(60(108)63(111)61(43)109)40-19(78(119)131-69)8-29(90)50(98)58(40)106)125-65-21(9-30(91)51(99)64(65)112)80(121)134-82-71-70(132-77(118)17-6-27(88)47(95)55(103)36(17)37-18(79(120)133-71)7-28(89)48(96)56(37)104)67-33(127-82)12-124-73(114)14-3-24(85)45(93)53(101)34(14)35-15(76(117)129-67)4-25(86)46(94)54(35)102/h1-10,32-33,62,66-71,82-112H,11-12H2/t32-,33-,62-,66-,67-,68+,69+,70+,71-,82+/m1/s1. The van der Waals surface area contributed by atoms with Gasteiger partial charge in [-0.3, -0.25) is 0 Å². The zero-order valence-electron chi connectivity index (χ0n) is 65.4. The van der Waals surface area contributed by atoms with E-state index in [-0.39, 0.29) is 42.5 Å². The van der Waals surface area contributed by atoms with Crippen molar-refractivity contribution in [1.82, 2.24) is 0 Å². The van der Waals surface area contributed by atoms with E-state index in [0.29, 0.717) is 18.2 Å². The second-order valence-corrected chi connectivity index (χ2v) is 29.5. The summed E-state index contributed by atoms with van der Waals surface area (Å²) in [6.07, 6.45) is -29.6. The first-order valence-electron chi connectivity index (χ1n) is 37.2. The Morgan fingerprint density at radius 3 is 1.01 bits per heavy atom. The predicted molar refractivity (Wildman–Crippen MR) is 413 cm³/mol. The van der Waals surface area contributed by atoms with Gasteiger partial charge in [0.1, 0.15) is 31.0 Å². The van der Waals surface area contributed by atoms with E-state index in [4.69, 9.17) is 56.8 Å². The fraction of sp³-hybridized carbons (Fsp3) is 0.146. The van der Waals surface area contributed by atoms with Crippen LogP contribution in [0.2, 0.25) is 0 Å². The number of carbonyl (C=O) groups is 10. The molecule has 0 spiro atoms. The zero-order valence-corrected chi connectivity index (χ0v) is 65.4. The molecule has 134 heavy (non-hydrogen) atoms. The smallest absolute Gasteiger partial charge is 0.344 e. The Hall–Kier alpha value is -19.2. The van der Waals surface area contributed by atoms with Crippen LogP contribution in [0.1, 0.15) is 115 Å². The lowest BCUT2D eigenvalue weighted by Crippen LogP contribution is -2.63. The van der Waals surface area contributed by atoms with Gasteiger partial charge < -0.3 is 210 Å². The molecule has 10 aromatic rings. The summed E-state index contributed by atoms with van der Waals surface area (Å²) in [5.41, 5.74) is -25.9. The fourth-order valence-corrected chi connectivity index (χ4v) is 15.5. The molecule has 1 saturated heterocycles. The first-order chi connectivity index (χ1) is 63.1. The second-order valence-electron chi connectivity index (χ2n) is 29.5. The molecule has 4 bridgehead atoms. The highest BCUT2D eigenvalue weighted by molar-refractivity contribution is 6.14. The van der Waals surface area contributed by atoms with Gasteiger partial charge in [0.25, 0.3) is 0 Å². The number of carbonyl (C=O) groups excluding carboxylic acids is 10. The highest BCUT2D eigenvalue weighted by Crippen LogP contribution is 2.62. The Kier molecular flexibility index (Phi) is 20.7. The lowest BCUT2D eigenvalue weighted by molar-refractivity contribution is -0.282. The summed E-state index contributed by atoms with van der Waals surface area (Å²) in [6.45, 7) is -3.51. The average Bonchev–Trinajstić information content (AvgIpc) is 0.839. The number of aliphatic hydroxyl groups excluding tert-OH is 1. The van der Waals surface area contributed by atoms with E-state index >= 15 is 28.8 Å². The van der Waals surface area contributed by atoms with E-state index in [9.17, 15) is 172 Å². The third-order valence-corrected chi connectivity index (χ3v) is 21.8. The van der Waals surface area contributed by atoms with Crippen LogP contribution in [0.5, 0.6) is 178 Å². The summed E-state index contributed by atoms with van der Waals surface area (Å²) in [7, 11) is 0. The second kappa shape index (κ2) is 31.4. The number of esters is 10. The number of phenolic OH excluding ortho intramolecular Hbond substituents is 29. The SMILES string of the molecule is O=C(O[C@@H]1COC(=O)c2cc(Oc3c(C(=O)O[C@@H]4O[C@@H]5COC(=O)c6cc(O)c(O)c(O)c6-c6c(cc(O)c(O)c6O)C(=O)O[C@H]5[C@@H]5OC(=O)c6cc(O)c(O)c(O)c6-c6c(cc(O)c(O)c6O)C(=O)O[C@@H]45)cc(O)c(O)c3O)c(O)c(O)c2-c2c(cc(O)c(O)c2O)C(=O)O[C@H]1[C@@H]1OC(=O)c2cc(O)c(O)c(O)c2-c2c(O)c(O)c(O)c3c2C(=O)O[C@H]1[C@@H]3O)c1cc(O)c(O)c(O)c1. The monoisotopic (exact) mass is 1870 g/mol. The van der Waals surface area contributed by atoms with Crippen molar-refractivity contribution in [1.29, 1.82) is 0 Å². The van der Waals surface area contributed by atoms with Gasteiger partial charge in [-0.2, -0.15) is 0 Å². The van der Waals surface area contributed by atoms with Crippen molar-refractivity contribution < 1.29 is 258 Å². The van der Waals surface area contributed by atoms with Crippen LogP contribution in [0.25, 0.3) is 44.5 Å². The van der Waals surface area contributed by atoms with Crippen molar-refractivity contribution in [2.75, 3.05) is 13.2 Å². The molecule has 7 aliphatic heterocycles. The first-order valence-corrected chi connectivity index (χ1v) is 37.2. The predicted octanol–water partition coefficient (Wildman–Crippen LogP) is 3.38. The van der Waals surface area contributed by atoms with Gasteiger partial charge in [-0.05, 0) is 48.5 Å². The maximum Gasteiger partial charge on any atom is 0.344 e. The average molecular weight is 1870 g/mol. The number of benzene rings is 10. The molecule has 694 valence electrons. The molecule has 1 fully saturated rings. The molecule has 7 aliphatic rings. The number of hydrogen-bond donors (Lipinski definition) is 30. The molecule has 17 rings (SSSR count). The number of aliphatic hydroxyl groups is 1. The zero-order chi connectivity index (χ0) is 97.4. The summed E-state index contributed by atoms with van der Waals surface area (Å²) in [4.78, 5) is 151. The number of ether oxygens (including phenoxy) is 12. The molecular formula is C82H54O52. The van der Waals surface area contributed by atoms with Gasteiger partial charge >= 0.3 is 59.7 Å². The van der Waals surface area contributed by atoms with Crippen molar-refractivity contribution in [3.8, 4) is 223 Å². The third-order valence-electron chi connectivity index (χ3n) is 21.8. The number of rotatable bonds is 7. The van der Waals surface area contributed by atoms with Crippen molar-refractivity contribution >= 4 is 59.7 Å². The normalized spacial score (nSPS) is 20.1. The molecule has 0 unspecified atom stereocenters. The van der Waals surface area contributed by atoms with Crippen LogP contribution < -0.4 is 4.74 Å². The Morgan fingerprint density at radius 1 is 0.269 bits per heavy atom. The molecule has 0 saturated carbocycles. The quantitative estimate of drug-likeness (QED) is 0.0617. The van der Waals surface area contributed by atoms with Gasteiger partial charge in [0, 0.05) is 62.2 Å². The van der Waals surface area contributed by atoms with Crippen molar-refractivity contribution in [2.24, 2.45) is 0 Å². The minimum absolute atomic E-state index is 0.0595. The molecule has 10 atom stereocenters. The van der Waals surface area contributed by atoms with Crippen LogP contribution in [-0.2, 0) is 52.1 Å². The molecule has 52 heteroatoms. The van der Waals surface area contributed by atoms with Crippen molar-refractivity contribution in [3.05, 3.63) is 122 Å². The minimum Gasteiger partial charge on any atom is -0.504 e. The highest BCUT2D eigenvalue weighted by Gasteiger charge is 2.59. The maximum absolute atomic E-state index is 15.6. The maximum atomic E-state index is 15.6. The minimum atomic E-state index is -3.15. The van der Waals surface area contributed by atoms with Gasteiger partial charge in [0.2, 0.25) is 69.9 Å². The van der Waals surface area contributed by atoms with Gasteiger partial charge in [0.05, 0.1) is 50.1 Å². The molecule has 30 N–H and O–H groups in total. The Balaban J connectivity index is 0.840. The van der Waals surface area contributed by atoms with E-state index < -0.39 is 418 Å². The largest absolute Gasteiger partial charge is 0.504 e. The first kappa shape index (κ1) is 88.3. The van der Waals surface area contributed by atoms with Crippen LogP contribution in [0.4, 0.5) is 0 Å². The number of phenols is 29. The molecule has 52 nitrogen and oxygen atoms in total. The molecule has 0 amide bonds. The number of cyclic esters (lactones) is 3. The van der Waals surface area contributed by atoms with Gasteiger partial charge in [-0.25, -0.2) is 47.9 Å². The Bertz CT molecular complexity index is 7000. The number of hydrogen-bond acceptors (Lipinski definition) is 52.